The molecule has 1 amide bonds. The summed E-state index contributed by atoms with van der Waals surface area (Å²) in [6.07, 6.45) is 0.832. The Morgan fingerprint density at radius 2 is 2.22 bits per heavy atom. The number of hydrogen-bond donors (Lipinski definition) is 3. The number of anilines is 2. The highest BCUT2D eigenvalue weighted by Gasteiger charge is 2.17. The minimum absolute atomic E-state index is 0.0544. The van der Waals surface area contributed by atoms with Crippen LogP contribution >= 0.6 is 0 Å². The van der Waals surface area contributed by atoms with Crippen LogP contribution in [0.25, 0.3) is 0 Å². The first-order valence-electron chi connectivity index (χ1n) is 5.72. The number of nitrogens with one attached hydrogen (secondary N) is 1. The fraction of sp³-hybridized carbons (Fsp3) is 0.333. The fourth-order valence-corrected chi connectivity index (χ4v) is 1.95. The molecule has 0 aromatic heterocycles. The molecule has 1 aliphatic rings. The number of rotatable bonds is 2. The third kappa shape index (κ3) is 2.53. The zero-order valence-corrected chi connectivity index (χ0v) is 9.85. The van der Waals surface area contributed by atoms with Crippen molar-refractivity contribution in [3.8, 4) is 0 Å². The Morgan fingerprint density at radius 3 is 2.94 bits per heavy atom. The van der Waals surface area contributed by atoms with Crippen molar-refractivity contribution in [2.75, 3.05) is 30.3 Å². The number of nitrogens with zero attached hydrogens (tertiary/aromatic N) is 1. The Bertz CT molecular complexity index is 487. The SMILES string of the molecule is Nc1ccc(N2CCCNC(=O)C2)cc1C(=O)O. The predicted molar refractivity (Wildman–Crippen MR) is 67.7 cm³/mol. The van der Waals surface area contributed by atoms with Crippen LogP contribution in [0.4, 0.5) is 11.4 Å². The number of nitrogens with two attached hydrogens (primary N) is 1. The quantitative estimate of drug-likeness (QED) is 0.655. The lowest BCUT2D eigenvalue weighted by Gasteiger charge is -2.21. The summed E-state index contributed by atoms with van der Waals surface area (Å²) in [7, 11) is 0. The molecule has 4 N–H and O–H groups in total. The van der Waals surface area contributed by atoms with Crippen LogP contribution in [-0.4, -0.2) is 36.6 Å². The molecule has 1 aliphatic heterocycles. The van der Waals surface area contributed by atoms with E-state index in [1.165, 1.54) is 6.07 Å². The van der Waals surface area contributed by atoms with E-state index in [1.807, 2.05) is 4.90 Å². The van der Waals surface area contributed by atoms with Gasteiger partial charge in [-0.05, 0) is 24.6 Å². The summed E-state index contributed by atoms with van der Waals surface area (Å²) in [5.74, 6) is -1.12. The van der Waals surface area contributed by atoms with Crippen molar-refractivity contribution in [1.82, 2.24) is 5.32 Å². The first kappa shape index (κ1) is 12.2. The van der Waals surface area contributed by atoms with Gasteiger partial charge in [0.2, 0.25) is 5.91 Å². The molecule has 0 bridgehead atoms. The molecule has 96 valence electrons. The number of nitrogen functional groups attached to an aromatic ring is 1. The first-order valence-corrected chi connectivity index (χ1v) is 5.72. The number of carbonyl (C=O) groups is 2. The molecule has 0 radical (unpaired) electrons. The normalized spacial score (nSPS) is 16.0. The molecule has 18 heavy (non-hydrogen) atoms. The van der Waals surface area contributed by atoms with Crippen LogP contribution in [-0.2, 0) is 4.79 Å². The van der Waals surface area contributed by atoms with E-state index in [4.69, 9.17) is 10.8 Å². The van der Waals surface area contributed by atoms with Gasteiger partial charge in [0, 0.05) is 24.5 Å². The average Bonchev–Trinajstić information content (AvgIpc) is 2.54. The van der Waals surface area contributed by atoms with Gasteiger partial charge in [0.05, 0.1) is 12.1 Å². The van der Waals surface area contributed by atoms with Crippen molar-refractivity contribution < 1.29 is 14.7 Å². The van der Waals surface area contributed by atoms with Crippen LogP contribution < -0.4 is 16.0 Å². The summed E-state index contributed by atoms with van der Waals surface area (Å²) in [5.41, 5.74) is 6.60. The van der Waals surface area contributed by atoms with E-state index >= 15 is 0 Å². The van der Waals surface area contributed by atoms with E-state index in [-0.39, 0.29) is 23.7 Å². The third-order valence-corrected chi connectivity index (χ3v) is 2.89. The standard InChI is InChI=1S/C12H15N3O3/c13-10-3-2-8(6-9(10)12(17)18)15-5-1-4-14-11(16)7-15/h2-3,6H,1,4-5,7,13H2,(H,14,16)(H,17,18). The van der Waals surface area contributed by atoms with Crippen molar-refractivity contribution in [2.24, 2.45) is 0 Å². The van der Waals surface area contributed by atoms with Crippen LogP contribution in [0.5, 0.6) is 0 Å². The Labute approximate surface area is 104 Å². The van der Waals surface area contributed by atoms with Crippen molar-refractivity contribution in [3.63, 3.8) is 0 Å². The van der Waals surface area contributed by atoms with Crippen LogP contribution in [0.1, 0.15) is 16.8 Å². The lowest BCUT2D eigenvalue weighted by atomic mass is 10.1. The van der Waals surface area contributed by atoms with Gasteiger partial charge in [-0.15, -0.1) is 0 Å². The van der Waals surface area contributed by atoms with Crippen LogP contribution in [0.15, 0.2) is 18.2 Å². The van der Waals surface area contributed by atoms with Gasteiger partial charge in [-0.25, -0.2) is 4.79 Å². The number of carbonyl (C=O) groups excluding carboxylic acids is 1. The zero-order valence-electron chi connectivity index (χ0n) is 9.85. The second kappa shape index (κ2) is 4.95. The molecule has 0 atom stereocenters. The van der Waals surface area contributed by atoms with E-state index < -0.39 is 5.97 Å². The molecule has 6 nitrogen and oxygen atoms in total. The second-order valence-corrected chi connectivity index (χ2v) is 4.20. The highest BCUT2D eigenvalue weighted by Crippen LogP contribution is 2.22. The summed E-state index contributed by atoms with van der Waals surface area (Å²) in [4.78, 5) is 24.3. The molecule has 0 unspecified atom stereocenters. The van der Waals surface area contributed by atoms with Gasteiger partial charge in [0.15, 0.2) is 0 Å². The number of hydrogen-bond acceptors (Lipinski definition) is 4. The van der Waals surface area contributed by atoms with Crippen LogP contribution in [0, 0.1) is 0 Å². The van der Waals surface area contributed by atoms with Crippen molar-refractivity contribution in [2.45, 2.75) is 6.42 Å². The lowest BCUT2D eigenvalue weighted by Crippen LogP contribution is -2.33. The van der Waals surface area contributed by atoms with Crippen molar-refractivity contribution in [3.05, 3.63) is 23.8 Å². The summed E-state index contributed by atoms with van der Waals surface area (Å²) in [6.45, 7) is 1.60. The molecule has 2 rings (SSSR count). The zero-order chi connectivity index (χ0) is 13.1. The van der Waals surface area contributed by atoms with Gasteiger partial charge >= 0.3 is 5.97 Å². The number of aromatic carboxylic acids is 1. The Balaban J connectivity index is 2.29. The highest BCUT2D eigenvalue weighted by atomic mass is 16.4. The van der Waals surface area contributed by atoms with Gasteiger partial charge in [-0.2, -0.15) is 0 Å². The highest BCUT2D eigenvalue weighted by molar-refractivity contribution is 5.95. The molecule has 1 aromatic rings. The minimum atomic E-state index is -1.06. The Kier molecular flexibility index (Phi) is 3.36. The first-order chi connectivity index (χ1) is 8.58. The maximum absolute atomic E-state index is 11.5. The minimum Gasteiger partial charge on any atom is -0.478 e. The van der Waals surface area contributed by atoms with E-state index in [1.54, 1.807) is 12.1 Å². The predicted octanol–water partition coefficient (Wildman–Crippen LogP) is 0.293. The van der Waals surface area contributed by atoms with E-state index in [0.29, 0.717) is 18.8 Å². The number of carboxylic acids is 1. The molecule has 0 aliphatic carbocycles. The van der Waals surface area contributed by atoms with Crippen molar-refractivity contribution >= 4 is 23.3 Å². The molecule has 1 fully saturated rings. The molecule has 0 saturated carbocycles. The summed E-state index contributed by atoms with van der Waals surface area (Å²) < 4.78 is 0. The summed E-state index contributed by atoms with van der Waals surface area (Å²) in [6, 6.07) is 4.80. The Morgan fingerprint density at radius 1 is 1.44 bits per heavy atom. The van der Waals surface area contributed by atoms with Gasteiger partial charge in [0.25, 0.3) is 0 Å². The smallest absolute Gasteiger partial charge is 0.337 e. The topological polar surface area (TPSA) is 95.7 Å². The maximum Gasteiger partial charge on any atom is 0.337 e. The monoisotopic (exact) mass is 249 g/mol. The molecule has 1 aromatic carbocycles. The molecule has 1 heterocycles. The van der Waals surface area contributed by atoms with Gasteiger partial charge in [0.1, 0.15) is 0 Å². The number of benzene rings is 1. The van der Waals surface area contributed by atoms with Crippen molar-refractivity contribution in [1.29, 1.82) is 0 Å². The number of carboxylic acid groups (broad SMARTS) is 1. The molecule has 6 heteroatoms. The van der Waals surface area contributed by atoms with Crippen LogP contribution in [0.2, 0.25) is 0 Å². The van der Waals surface area contributed by atoms with Gasteiger partial charge < -0.3 is 21.1 Å². The van der Waals surface area contributed by atoms with Gasteiger partial charge in [-0.1, -0.05) is 0 Å². The average molecular weight is 249 g/mol. The van der Waals surface area contributed by atoms with E-state index in [9.17, 15) is 9.59 Å². The second-order valence-electron chi connectivity index (χ2n) is 4.20. The fourth-order valence-electron chi connectivity index (χ4n) is 1.95. The maximum atomic E-state index is 11.5. The lowest BCUT2D eigenvalue weighted by molar-refractivity contribution is -0.119. The number of amides is 1. The third-order valence-electron chi connectivity index (χ3n) is 2.89. The molecule has 1 saturated heterocycles. The summed E-state index contributed by atoms with van der Waals surface area (Å²) >= 11 is 0. The van der Waals surface area contributed by atoms with Gasteiger partial charge in [-0.3, -0.25) is 4.79 Å². The molecular formula is C12H15N3O3. The summed E-state index contributed by atoms with van der Waals surface area (Å²) in [5, 5.41) is 11.8. The largest absolute Gasteiger partial charge is 0.478 e. The van der Waals surface area contributed by atoms with Crippen LogP contribution in [0.3, 0.4) is 0 Å². The van der Waals surface area contributed by atoms with E-state index in [0.717, 1.165) is 6.42 Å². The molecule has 0 spiro atoms. The molecular weight excluding hydrogens is 234 g/mol. The van der Waals surface area contributed by atoms with E-state index in [2.05, 4.69) is 5.32 Å². The Hall–Kier alpha value is -2.24.